The lowest BCUT2D eigenvalue weighted by Crippen LogP contribution is -2.21. The van der Waals surface area contributed by atoms with Gasteiger partial charge in [-0.2, -0.15) is 0 Å². The van der Waals surface area contributed by atoms with Crippen molar-refractivity contribution in [1.82, 2.24) is 0 Å². The van der Waals surface area contributed by atoms with E-state index in [0.29, 0.717) is 17.5 Å². The van der Waals surface area contributed by atoms with Crippen LogP contribution in [0.1, 0.15) is 50.8 Å². The first-order chi connectivity index (χ1) is 11.4. The van der Waals surface area contributed by atoms with Crippen LogP contribution in [-0.2, 0) is 11.2 Å². The van der Waals surface area contributed by atoms with Crippen molar-refractivity contribution in [2.45, 2.75) is 19.8 Å². The Morgan fingerprint density at radius 3 is 2.54 bits per heavy atom. The average Bonchev–Trinajstić information content (AvgIpc) is 2.51. The van der Waals surface area contributed by atoms with Gasteiger partial charge in [-0.05, 0) is 30.0 Å². The molecule has 2 aromatic carbocycles. The molecule has 0 saturated carbocycles. The highest BCUT2D eigenvalue weighted by molar-refractivity contribution is 6.29. The number of rotatable bonds is 4. The van der Waals surface area contributed by atoms with Gasteiger partial charge in [-0.3, -0.25) is 14.4 Å². The summed E-state index contributed by atoms with van der Waals surface area (Å²) in [5.74, 6) is -1.13. The Hall–Kier alpha value is -2.95. The highest BCUT2D eigenvalue weighted by Gasteiger charge is 2.31. The number of nitrogens with two attached hydrogens (primary N) is 1. The van der Waals surface area contributed by atoms with Crippen LogP contribution in [0.15, 0.2) is 36.4 Å². The maximum atomic E-state index is 12.7. The summed E-state index contributed by atoms with van der Waals surface area (Å²) in [5, 5.41) is 9.91. The van der Waals surface area contributed by atoms with Gasteiger partial charge in [0.2, 0.25) is 5.91 Å². The lowest BCUT2D eigenvalue weighted by atomic mass is 9.82. The normalized spacial score (nSPS) is 14.0. The van der Waals surface area contributed by atoms with Crippen molar-refractivity contribution in [3.05, 3.63) is 64.2 Å². The van der Waals surface area contributed by atoms with Gasteiger partial charge in [0.05, 0.1) is 5.56 Å². The van der Waals surface area contributed by atoms with Crippen LogP contribution in [0.4, 0.5) is 0 Å². The Morgan fingerprint density at radius 1 is 1.08 bits per heavy atom. The molecule has 1 atom stereocenters. The molecule has 1 unspecified atom stereocenters. The second kappa shape index (κ2) is 5.92. The van der Waals surface area contributed by atoms with Gasteiger partial charge in [-0.25, -0.2) is 0 Å². The number of hydrogen-bond acceptors (Lipinski definition) is 4. The number of hydrogen-bond donors (Lipinski definition) is 2. The van der Waals surface area contributed by atoms with Gasteiger partial charge < -0.3 is 10.8 Å². The fraction of sp³-hybridized carbons (Fsp3) is 0.211. The first kappa shape index (κ1) is 15.9. The summed E-state index contributed by atoms with van der Waals surface area (Å²) in [7, 11) is 0. The van der Waals surface area contributed by atoms with Crippen LogP contribution in [0.25, 0.3) is 0 Å². The van der Waals surface area contributed by atoms with E-state index in [1.165, 1.54) is 6.07 Å². The van der Waals surface area contributed by atoms with E-state index in [0.717, 1.165) is 5.56 Å². The molecule has 3 rings (SSSR count). The van der Waals surface area contributed by atoms with E-state index in [2.05, 4.69) is 0 Å². The summed E-state index contributed by atoms with van der Waals surface area (Å²) in [6, 6.07) is 9.56. The van der Waals surface area contributed by atoms with Gasteiger partial charge >= 0.3 is 0 Å². The first-order valence-electron chi connectivity index (χ1n) is 7.71. The summed E-state index contributed by atoms with van der Waals surface area (Å²) < 4.78 is 0. The predicted octanol–water partition coefficient (Wildman–Crippen LogP) is 2.22. The van der Waals surface area contributed by atoms with Gasteiger partial charge in [0.25, 0.3) is 0 Å². The number of amides is 1. The van der Waals surface area contributed by atoms with E-state index in [-0.39, 0.29) is 46.7 Å². The summed E-state index contributed by atoms with van der Waals surface area (Å²) in [6.07, 6.45) is 0.852. The monoisotopic (exact) mass is 323 g/mol. The molecule has 0 radical (unpaired) electrons. The Balaban J connectivity index is 1.99. The molecule has 5 heteroatoms. The summed E-state index contributed by atoms with van der Waals surface area (Å²) in [5.41, 5.74) is 6.98. The fourth-order valence-electron chi connectivity index (χ4n) is 3.17. The average molecular weight is 323 g/mol. The van der Waals surface area contributed by atoms with Gasteiger partial charge in [-0.1, -0.05) is 31.2 Å². The second-order valence-electron chi connectivity index (χ2n) is 6.22. The van der Waals surface area contributed by atoms with E-state index < -0.39 is 0 Å². The van der Waals surface area contributed by atoms with Crippen LogP contribution >= 0.6 is 0 Å². The lowest BCUT2D eigenvalue weighted by molar-refractivity contribution is -0.118. The van der Waals surface area contributed by atoms with Gasteiger partial charge in [-0.15, -0.1) is 0 Å². The molecule has 1 aliphatic carbocycles. The van der Waals surface area contributed by atoms with Crippen LogP contribution in [0.3, 0.4) is 0 Å². The number of phenolic OH excluding ortho intramolecular Hbond substituents is 1. The van der Waals surface area contributed by atoms with Crippen molar-refractivity contribution < 1.29 is 19.5 Å². The first-order valence-corrected chi connectivity index (χ1v) is 7.71. The smallest absolute Gasteiger partial charge is 0.217 e. The zero-order valence-electron chi connectivity index (χ0n) is 13.2. The van der Waals surface area contributed by atoms with Gasteiger partial charge in [0, 0.05) is 23.1 Å². The van der Waals surface area contributed by atoms with E-state index in [1.54, 1.807) is 30.3 Å². The number of carbonyl (C=O) groups excluding carboxylic acids is 3. The number of benzene rings is 2. The predicted molar refractivity (Wildman–Crippen MR) is 88.1 cm³/mol. The van der Waals surface area contributed by atoms with Crippen molar-refractivity contribution in [2.75, 3.05) is 0 Å². The van der Waals surface area contributed by atoms with Crippen molar-refractivity contribution >= 4 is 17.5 Å². The molecule has 1 aliphatic rings. The molecule has 0 bridgehead atoms. The number of carbonyl (C=O) groups is 3. The van der Waals surface area contributed by atoms with Gasteiger partial charge in [0.15, 0.2) is 11.6 Å². The highest BCUT2D eigenvalue weighted by Crippen LogP contribution is 2.33. The zero-order chi connectivity index (χ0) is 17.4. The van der Waals surface area contributed by atoms with Crippen molar-refractivity contribution in [1.29, 1.82) is 0 Å². The molecule has 0 aromatic heterocycles. The minimum absolute atomic E-state index is 0.0475. The van der Waals surface area contributed by atoms with Crippen LogP contribution in [-0.4, -0.2) is 22.6 Å². The quantitative estimate of drug-likeness (QED) is 0.769. The third kappa shape index (κ3) is 2.69. The van der Waals surface area contributed by atoms with E-state index in [9.17, 15) is 19.5 Å². The summed E-state index contributed by atoms with van der Waals surface area (Å²) >= 11 is 0. The molecule has 0 spiro atoms. The molecule has 24 heavy (non-hydrogen) atoms. The number of aromatic hydroxyl groups is 1. The summed E-state index contributed by atoms with van der Waals surface area (Å²) in [4.78, 5) is 36.3. The van der Waals surface area contributed by atoms with E-state index in [4.69, 9.17) is 5.73 Å². The molecule has 5 nitrogen and oxygen atoms in total. The maximum absolute atomic E-state index is 12.7. The topological polar surface area (TPSA) is 97.5 Å². The van der Waals surface area contributed by atoms with Crippen LogP contribution in [0, 0.1) is 5.92 Å². The zero-order valence-corrected chi connectivity index (χ0v) is 13.2. The SMILES string of the molecule is CC(CC(N)=O)Cc1ccc2c(c1)C(=O)c1cccc(O)c1C2=O. The molecule has 2 aromatic rings. The van der Waals surface area contributed by atoms with E-state index in [1.807, 2.05) is 6.92 Å². The van der Waals surface area contributed by atoms with Crippen LogP contribution in [0.5, 0.6) is 5.75 Å². The van der Waals surface area contributed by atoms with Gasteiger partial charge in [0.1, 0.15) is 5.75 Å². The third-order valence-corrected chi connectivity index (χ3v) is 4.22. The molecular formula is C19H17NO4. The standard InChI is InChI=1S/C19H17NO4/c1-10(8-16(20)22)7-11-5-6-12-14(9-11)18(23)13-3-2-4-15(21)17(13)19(12)24/h2-6,9-10,21H,7-8H2,1H3,(H2,20,22). The highest BCUT2D eigenvalue weighted by atomic mass is 16.3. The molecular weight excluding hydrogens is 306 g/mol. The molecule has 0 aliphatic heterocycles. The molecule has 0 saturated heterocycles. The Morgan fingerprint density at radius 2 is 1.83 bits per heavy atom. The Kier molecular flexibility index (Phi) is 3.93. The second-order valence-corrected chi connectivity index (χ2v) is 6.22. The largest absolute Gasteiger partial charge is 0.507 e. The maximum Gasteiger partial charge on any atom is 0.217 e. The van der Waals surface area contributed by atoms with Crippen LogP contribution in [0.2, 0.25) is 0 Å². The molecule has 122 valence electrons. The fourth-order valence-corrected chi connectivity index (χ4v) is 3.17. The molecule has 0 heterocycles. The third-order valence-electron chi connectivity index (χ3n) is 4.22. The van der Waals surface area contributed by atoms with Crippen molar-refractivity contribution in [3.8, 4) is 5.75 Å². The molecule has 1 amide bonds. The number of fused-ring (bicyclic) bond motifs is 2. The lowest BCUT2D eigenvalue weighted by Gasteiger charge is -2.19. The Bertz CT molecular complexity index is 870. The van der Waals surface area contributed by atoms with Crippen LogP contribution < -0.4 is 5.73 Å². The van der Waals surface area contributed by atoms with E-state index >= 15 is 0 Å². The Labute approximate surface area is 139 Å². The molecule has 0 fully saturated rings. The number of ketones is 2. The van der Waals surface area contributed by atoms with Crippen molar-refractivity contribution in [3.63, 3.8) is 0 Å². The summed E-state index contributed by atoms with van der Waals surface area (Å²) in [6.45, 7) is 1.91. The minimum Gasteiger partial charge on any atom is -0.507 e. The van der Waals surface area contributed by atoms with Crippen molar-refractivity contribution in [2.24, 2.45) is 11.7 Å². The number of phenols is 1. The minimum atomic E-state index is -0.365. The molecule has 3 N–H and O–H groups in total. The number of primary amides is 1.